The summed E-state index contributed by atoms with van der Waals surface area (Å²) in [7, 11) is 1.72. The third-order valence-electron chi connectivity index (χ3n) is 4.09. The monoisotopic (exact) mass is 410 g/mol. The molecule has 1 aliphatic rings. The number of halogens is 1. The van der Waals surface area contributed by atoms with Gasteiger partial charge in [0, 0.05) is 26.2 Å². The molecule has 3 heterocycles. The molecule has 22 heavy (non-hydrogen) atoms. The molecule has 114 valence electrons. The molecule has 2 aromatic rings. The van der Waals surface area contributed by atoms with E-state index in [0.29, 0.717) is 11.2 Å². The molecule has 3 rings (SSSR count). The average Bonchev–Trinajstić information content (AvgIpc) is 2.57. The lowest BCUT2D eigenvalue weighted by atomic mass is 10.1. The van der Waals surface area contributed by atoms with Gasteiger partial charge in [0.1, 0.15) is 40.3 Å². The molecule has 1 saturated heterocycles. The Hall–Kier alpha value is -1.66. The van der Waals surface area contributed by atoms with E-state index in [2.05, 4.69) is 16.0 Å². The topological polar surface area (TPSA) is 71.2 Å². The Kier molecular flexibility index (Phi) is 4.31. The van der Waals surface area contributed by atoms with Gasteiger partial charge in [-0.15, -0.1) is 0 Å². The van der Waals surface area contributed by atoms with Crippen molar-refractivity contribution in [3.05, 3.63) is 34.2 Å². The van der Waals surface area contributed by atoms with Crippen LogP contribution in [0.2, 0.25) is 0 Å². The van der Waals surface area contributed by atoms with Crippen LogP contribution >= 0.6 is 23.0 Å². The molecule has 0 atom stereocenters. The van der Waals surface area contributed by atoms with Crippen LogP contribution in [-0.2, 0) is 10.1 Å². The molecule has 1 fully saturated rings. The van der Waals surface area contributed by atoms with Crippen molar-refractivity contribution in [2.45, 2.75) is 18.9 Å². The third-order valence-corrected chi connectivity index (χ3v) is 4.81. The third kappa shape index (κ3) is 2.68. The second-order valence-corrected chi connectivity index (χ2v) is 5.89. The number of aromatic nitrogens is 2. The molecule has 0 spiro atoms. The first kappa shape index (κ1) is 15.2. The number of pyridine rings is 2. The highest BCUT2D eigenvalue weighted by molar-refractivity contribution is 14.1. The maximum atomic E-state index is 12.2. The van der Waals surface area contributed by atoms with E-state index in [0.717, 1.165) is 37.1 Å². The van der Waals surface area contributed by atoms with Crippen LogP contribution in [0.3, 0.4) is 0 Å². The Morgan fingerprint density at radius 1 is 1.41 bits per heavy atom. The SMILES string of the molecule is Cn1c(=O)cc(N2CCC(OI)CC2)c2nc(C#N)ccc21. The Labute approximate surface area is 142 Å². The number of hydrogen-bond donors (Lipinski definition) is 0. The Balaban J connectivity index is 2.11. The van der Waals surface area contributed by atoms with Crippen LogP contribution in [-0.4, -0.2) is 28.7 Å². The van der Waals surface area contributed by atoms with Gasteiger partial charge in [-0.05, 0) is 25.0 Å². The zero-order chi connectivity index (χ0) is 15.7. The fourth-order valence-corrected chi connectivity index (χ4v) is 3.31. The van der Waals surface area contributed by atoms with Gasteiger partial charge in [-0.1, -0.05) is 0 Å². The smallest absolute Gasteiger partial charge is 0.252 e. The van der Waals surface area contributed by atoms with Crippen molar-refractivity contribution in [1.29, 1.82) is 5.26 Å². The normalized spacial score (nSPS) is 16.0. The van der Waals surface area contributed by atoms with Gasteiger partial charge in [0.2, 0.25) is 0 Å². The molecule has 0 unspecified atom stereocenters. The van der Waals surface area contributed by atoms with Gasteiger partial charge >= 0.3 is 0 Å². The van der Waals surface area contributed by atoms with Crippen molar-refractivity contribution in [1.82, 2.24) is 9.55 Å². The van der Waals surface area contributed by atoms with Crippen molar-refractivity contribution in [3.63, 3.8) is 0 Å². The first-order valence-electron chi connectivity index (χ1n) is 7.07. The summed E-state index contributed by atoms with van der Waals surface area (Å²) in [5.41, 5.74) is 2.55. The molecule has 0 amide bonds. The lowest BCUT2D eigenvalue weighted by Crippen LogP contribution is -2.37. The molecule has 0 radical (unpaired) electrons. The van der Waals surface area contributed by atoms with Crippen molar-refractivity contribution >= 4 is 39.7 Å². The summed E-state index contributed by atoms with van der Waals surface area (Å²) in [6.07, 6.45) is 2.09. The summed E-state index contributed by atoms with van der Waals surface area (Å²) in [4.78, 5) is 18.8. The quantitative estimate of drug-likeness (QED) is 0.710. The molecule has 0 saturated carbocycles. The summed E-state index contributed by atoms with van der Waals surface area (Å²) in [6, 6.07) is 7.10. The number of anilines is 1. The second-order valence-electron chi connectivity index (χ2n) is 5.38. The van der Waals surface area contributed by atoms with E-state index >= 15 is 0 Å². The Morgan fingerprint density at radius 3 is 2.77 bits per heavy atom. The van der Waals surface area contributed by atoms with Gasteiger partial charge in [-0.2, -0.15) is 5.26 Å². The predicted octanol–water partition coefficient (Wildman–Crippen LogP) is 2.14. The van der Waals surface area contributed by atoms with Crippen LogP contribution in [0.5, 0.6) is 0 Å². The van der Waals surface area contributed by atoms with Crippen LogP contribution < -0.4 is 10.5 Å². The largest absolute Gasteiger partial charge is 0.369 e. The van der Waals surface area contributed by atoms with Crippen LogP contribution in [0.4, 0.5) is 5.69 Å². The number of piperidine rings is 1. The highest BCUT2D eigenvalue weighted by Crippen LogP contribution is 2.27. The maximum Gasteiger partial charge on any atom is 0.252 e. The van der Waals surface area contributed by atoms with Gasteiger partial charge in [0.15, 0.2) is 0 Å². The number of nitriles is 1. The molecule has 0 N–H and O–H groups in total. The molecular formula is C15H15IN4O2. The lowest BCUT2D eigenvalue weighted by Gasteiger charge is -2.32. The molecule has 0 bridgehead atoms. The van der Waals surface area contributed by atoms with Gasteiger partial charge in [-0.3, -0.25) is 4.79 Å². The Morgan fingerprint density at radius 2 is 2.14 bits per heavy atom. The van der Waals surface area contributed by atoms with Gasteiger partial charge < -0.3 is 12.5 Å². The molecule has 7 heteroatoms. The van der Waals surface area contributed by atoms with Gasteiger partial charge in [0.05, 0.1) is 17.3 Å². The highest BCUT2D eigenvalue weighted by Gasteiger charge is 2.22. The minimum atomic E-state index is -0.0683. The zero-order valence-electron chi connectivity index (χ0n) is 12.1. The fourth-order valence-electron chi connectivity index (χ4n) is 2.80. The average molecular weight is 410 g/mol. The van der Waals surface area contributed by atoms with E-state index < -0.39 is 0 Å². The number of aryl methyl sites for hydroxylation is 1. The van der Waals surface area contributed by atoms with Gasteiger partial charge in [0.25, 0.3) is 5.56 Å². The minimum Gasteiger partial charge on any atom is -0.369 e. The van der Waals surface area contributed by atoms with Crippen LogP contribution in [0.15, 0.2) is 23.0 Å². The van der Waals surface area contributed by atoms with Crippen LogP contribution in [0, 0.1) is 11.3 Å². The zero-order valence-corrected chi connectivity index (χ0v) is 14.3. The Bertz CT molecular complexity index is 804. The summed E-state index contributed by atoms with van der Waals surface area (Å²) in [5.74, 6) is 0. The van der Waals surface area contributed by atoms with Crippen LogP contribution in [0.1, 0.15) is 18.5 Å². The lowest BCUT2D eigenvalue weighted by molar-refractivity contribution is 0.237. The van der Waals surface area contributed by atoms with Crippen molar-refractivity contribution in [2.24, 2.45) is 7.05 Å². The van der Waals surface area contributed by atoms with E-state index in [1.165, 1.54) is 0 Å². The van der Waals surface area contributed by atoms with Crippen molar-refractivity contribution < 1.29 is 3.07 Å². The van der Waals surface area contributed by atoms with Crippen LogP contribution in [0.25, 0.3) is 11.0 Å². The summed E-state index contributed by atoms with van der Waals surface area (Å²) < 4.78 is 6.92. The molecule has 0 aromatic carbocycles. The number of hydrogen-bond acceptors (Lipinski definition) is 5. The summed E-state index contributed by atoms with van der Waals surface area (Å²) in [5, 5.41) is 9.08. The molecule has 1 aliphatic heterocycles. The second kappa shape index (κ2) is 6.22. The first-order valence-corrected chi connectivity index (χ1v) is 7.95. The number of fused-ring (bicyclic) bond motifs is 1. The van der Waals surface area contributed by atoms with E-state index in [1.54, 1.807) is 29.8 Å². The molecule has 2 aromatic heterocycles. The van der Waals surface area contributed by atoms with Crippen molar-refractivity contribution in [3.8, 4) is 6.07 Å². The molecular weight excluding hydrogens is 395 g/mol. The standard InChI is InChI=1S/C15H15IN4O2/c1-19-12-3-2-10(9-17)18-15(12)13(8-14(19)21)20-6-4-11(22-16)5-7-20/h2-3,8,11H,4-7H2,1H3. The molecule has 0 aliphatic carbocycles. The summed E-state index contributed by atoms with van der Waals surface area (Å²) in [6.45, 7) is 1.63. The maximum absolute atomic E-state index is 12.2. The first-order chi connectivity index (χ1) is 10.6. The van der Waals surface area contributed by atoms with E-state index in [-0.39, 0.29) is 11.7 Å². The highest BCUT2D eigenvalue weighted by atomic mass is 127. The number of nitrogens with zero attached hydrogens (tertiary/aromatic N) is 4. The van der Waals surface area contributed by atoms with E-state index in [1.807, 2.05) is 23.0 Å². The number of rotatable bonds is 2. The molecule has 6 nitrogen and oxygen atoms in total. The fraction of sp³-hybridized carbons (Fsp3) is 0.400. The minimum absolute atomic E-state index is 0.0683. The summed E-state index contributed by atoms with van der Waals surface area (Å²) >= 11 is 1.94. The van der Waals surface area contributed by atoms with E-state index in [4.69, 9.17) is 8.33 Å². The van der Waals surface area contributed by atoms with Gasteiger partial charge in [-0.25, -0.2) is 4.98 Å². The predicted molar refractivity (Wildman–Crippen MR) is 92.0 cm³/mol. The van der Waals surface area contributed by atoms with Crippen molar-refractivity contribution in [2.75, 3.05) is 18.0 Å². The van der Waals surface area contributed by atoms with E-state index in [9.17, 15) is 4.79 Å².